The van der Waals surface area contributed by atoms with Crippen LogP contribution in [0, 0.1) is 6.92 Å². The molecule has 4 rings (SSSR count). The Hall–Kier alpha value is -3.05. The van der Waals surface area contributed by atoms with Gasteiger partial charge < -0.3 is 10.4 Å². The molecule has 2 N–H and O–H groups in total. The number of aromatic nitrogens is 3. The summed E-state index contributed by atoms with van der Waals surface area (Å²) in [5.41, 5.74) is 3.79. The number of hydrogen-bond acceptors (Lipinski definition) is 4. The molecular formula is C19H15ClN4O. The number of hydrogen-bond donors (Lipinski definition) is 2. The van der Waals surface area contributed by atoms with Gasteiger partial charge in [0.05, 0.1) is 6.20 Å². The second-order valence-corrected chi connectivity index (χ2v) is 6.08. The number of aromatic hydroxyl groups is 1. The largest absolute Gasteiger partial charge is 0.507 e. The highest BCUT2D eigenvalue weighted by Crippen LogP contribution is 2.36. The van der Waals surface area contributed by atoms with Crippen LogP contribution in [-0.2, 0) is 0 Å². The maximum Gasteiger partial charge on any atom is 0.157 e. The first-order valence-electron chi connectivity index (χ1n) is 7.77. The summed E-state index contributed by atoms with van der Waals surface area (Å²) in [5, 5.41) is 14.4. The smallest absolute Gasteiger partial charge is 0.157 e. The van der Waals surface area contributed by atoms with Crippen LogP contribution < -0.4 is 5.32 Å². The van der Waals surface area contributed by atoms with Gasteiger partial charge in [-0.15, -0.1) is 0 Å². The number of rotatable bonds is 3. The Labute approximate surface area is 149 Å². The molecule has 0 aliphatic carbocycles. The first-order chi connectivity index (χ1) is 12.1. The third-order valence-corrected chi connectivity index (χ3v) is 4.52. The van der Waals surface area contributed by atoms with Gasteiger partial charge in [-0.25, -0.2) is 4.98 Å². The maximum absolute atomic E-state index is 10.3. The number of phenolic OH excluding ortho intramolecular Hbond substituents is 1. The fourth-order valence-corrected chi connectivity index (χ4v) is 2.93. The van der Waals surface area contributed by atoms with Crippen molar-refractivity contribution in [2.24, 2.45) is 0 Å². The minimum absolute atomic E-state index is 0.171. The molecule has 0 atom stereocenters. The van der Waals surface area contributed by atoms with Gasteiger partial charge in [0.1, 0.15) is 17.3 Å². The average molecular weight is 351 g/mol. The summed E-state index contributed by atoms with van der Waals surface area (Å²) < 4.78 is 1.90. The minimum atomic E-state index is 0.171. The summed E-state index contributed by atoms with van der Waals surface area (Å²) in [6, 6.07) is 12.8. The van der Waals surface area contributed by atoms with E-state index in [0.717, 1.165) is 17.1 Å². The van der Waals surface area contributed by atoms with E-state index in [4.69, 9.17) is 11.6 Å². The van der Waals surface area contributed by atoms with Crippen molar-refractivity contribution in [1.82, 2.24) is 14.4 Å². The molecule has 2 heterocycles. The molecule has 0 saturated heterocycles. The normalized spacial score (nSPS) is 11.0. The van der Waals surface area contributed by atoms with E-state index in [1.807, 2.05) is 47.9 Å². The van der Waals surface area contributed by atoms with Crippen LogP contribution >= 0.6 is 11.6 Å². The number of nitrogens with zero attached hydrogens (tertiary/aromatic N) is 3. The van der Waals surface area contributed by atoms with Crippen molar-refractivity contribution in [1.29, 1.82) is 0 Å². The molecule has 0 saturated carbocycles. The van der Waals surface area contributed by atoms with Crippen LogP contribution in [0.1, 0.15) is 5.56 Å². The molecule has 0 bridgehead atoms. The zero-order valence-corrected chi connectivity index (χ0v) is 14.2. The number of para-hydroxylation sites is 1. The molecule has 2 aromatic heterocycles. The Balaban J connectivity index is 1.94. The quantitative estimate of drug-likeness (QED) is 0.556. The van der Waals surface area contributed by atoms with Crippen molar-refractivity contribution in [2.45, 2.75) is 6.92 Å². The lowest BCUT2D eigenvalue weighted by atomic mass is 10.1. The fraction of sp³-hybridized carbons (Fsp3) is 0.0526. The SMILES string of the molecule is Cc1c(Cl)cccc1Nc1c(-c2ccccc2O)nc2cnccn12. The van der Waals surface area contributed by atoms with Gasteiger partial charge in [0.15, 0.2) is 5.65 Å². The van der Waals surface area contributed by atoms with E-state index in [1.165, 1.54) is 0 Å². The van der Waals surface area contributed by atoms with E-state index in [0.29, 0.717) is 21.9 Å². The highest BCUT2D eigenvalue weighted by molar-refractivity contribution is 6.31. The molecule has 25 heavy (non-hydrogen) atoms. The van der Waals surface area contributed by atoms with Crippen molar-refractivity contribution < 1.29 is 5.11 Å². The topological polar surface area (TPSA) is 62.5 Å². The number of nitrogens with one attached hydrogen (secondary N) is 1. The van der Waals surface area contributed by atoms with E-state index in [2.05, 4.69) is 15.3 Å². The van der Waals surface area contributed by atoms with Crippen molar-refractivity contribution in [3.8, 4) is 17.0 Å². The molecule has 2 aromatic carbocycles. The van der Waals surface area contributed by atoms with E-state index in [-0.39, 0.29) is 5.75 Å². The number of imidazole rings is 1. The molecule has 4 aromatic rings. The first-order valence-corrected chi connectivity index (χ1v) is 8.15. The predicted octanol–water partition coefficient (Wildman–Crippen LogP) is 4.81. The van der Waals surface area contributed by atoms with Gasteiger partial charge in [-0.2, -0.15) is 0 Å². The number of anilines is 2. The van der Waals surface area contributed by atoms with Crippen LogP contribution in [0.5, 0.6) is 5.75 Å². The lowest BCUT2D eigenvalue weighted by Crippen LogP contribution is -1.99. The molecule has 0 amide bonds. The molecule has 0 aliphatic rings. The molecule has 124 valence electrons. The van der Waals surface area contributed by atoms with Gasteiger partial charge in [0.25, 0.3) is 0 Å². The van der Waals surface area contributed by atoms with Crippen LogP contribution in [0.3, 0.4) is 0 Å². The summed E-state index contributed by atoms with van der Waals surface area (Å²) in [7, 11) is 0. The molecule has 0 spiro atoms. The third-order valence-electron chi connectivity index (χ3n) is 4.11. The highest BCUT2D eigenvalue weighted by atomic mass is 35.5. The van der Waals surface area contributed by atoms with Crippen LogP contribution in [-0.4, -0.2) is 19.5 Å². The second kappa shape index (κ2) is 6.11. The number of benzene rings is 2. The van der Waals surface area contributed by atoms with Gasteiger partial charge in [-0.1, -0.05) is 29.8 Å². The van der Waals surface area contributed by atoms with Gasteiger partial charge >= 0.3 is 0 Å². The predicted molar refractivity (Wildman–Crippen MR) is 99.6 cm³/mol. The zero-order chi connectivity index (χ0) is 17.4. The van der Waals surface area contributed by atoms with Crippen molar-refractivity contribution in [3.05, 3.63) is 71.6 Å². The lowest BCUT2D eigenvalue weighted by Gasteiger charge is -2.12. The molecule has 0 unspecified atom stereocenters. The summed E-state index contributed by atoms with van der Waals surface area (Å²) >= 11 is 6.24. The molecule has 0 aliphatic heterocycles. The maximum atomic E-state index is 10.3. The Morgan fingerprint density at radius 3 is 2.80 bits per heavy atom. The van der Waals surface area contributed by atoms with E-state index in [1.54, 1.807) is 24.5 Å². The number of phenols is 1. The Bertz CT molecular complexity index is 1070. The van der Waals surface area contributed by atoms with Crippen LogP contribution in [0.15, 0.2) is 61.1 Å². The first kappa shape index (κ1) is 15.5. The van der Waals surface area contributed by atoms with Crippen LogP contribution in [0.4, 0.5) is 11.5 Å². The zero-order valence-electron chi connectivity index (χ0n) is 13.4. The molecule has 0 fully saturated rings. The third kappa shape index (κ3) is 2.68. The van der Waals surface area contributed by atoms with Gasteiger partial charge in [-0.3, -0.25) is 9.38 Å². The second-order valence-electron chi connectivity index (χ2n) is 5.67. The van der Waals surface area contributed by atoms with Crippen molar-refractivity contribution in [3.63, 3.8) is 0 Å². The van der Waals surface area contributed by atoms with Crippen LogP contribution in [0.2, 0.25) is 5.02 Å². The summed E-state index contributed by atoms with van der Waals surface area (Å²) in [6.45, 7) is 1.95. The van der Waals surface area contributed by atoms with Gasteiger partial charge in [0, 0.05) is 28.7 Å². The monoisotopic (exact) mass is 350 g/mol. The number of fused-ring (bicyclic) bond motifs is 1. The summed E-state index contributed by atoms with van der Waals surface area (Å²) in [4.78, 5) is 8.76. The Morgan fingerprint density at radius 1 is 1.12 bits per heavy atom. The van der Waals surface area contributed by atoms with E-state index in [9.17, 15) is 5.11 Å². The van der Waals surface area contributed by atoms with Crippen molar-refractivity contribution in [2.75, 3.05) is 5.32 Å². The minimum Gasteiger partial charge on any atom is -0.507 e. The Morgan fingerprint density at radius 2 is 1.96 bits per heavy atom. The lowest BCUT2D eigenvalue weighted by molar-refractivity contribution is 0.477. The van der Waals surface area contributed by atoms with Crippen molar-refractivity contribution >= 4 is 28.8 Å². The highest BCUT2D eigenvalue weighted by Gasteiger charge is 2.17. The van der Waals surface area contributed by atoms with Gasteiger partial charge in [0.2, 0.25) is 0 Å². The fourth-order valence-electron chi connectivity index (χ4n) is 2.76. The molecular weight excluding hydrogens is 336 g/mol. The van der Waals surface area contributed by atoms with E-state index >= 15 is 0 Å². The summed E-state index contributed by atoms with van der Waals surface area (Å²) in [5.74, 6) is 0.911. The number of halogens is 1. The summed E-state index contributed by atoms with van der Waals surface area (Å²) in [6.07, 6.45) is 5.20. The van der Waals surface area contributed by atoms with E-state index < -0.39 is 0 Å². The average Bonchev–Trinajstić information content (AvgIpc) is 2.98. The Kier molecular flexibility index (Phi) is 3.78. The van der Waals surface area contributed by atoms with Gasteiger partial charge in [-0.05, 0) is 36.8 Å². The molecule has 5 nitrogen and oxygen atoms in total. The molecule has 6 heteroatoms. The van der Waals surface area contributed by atoms with Crippen LogP contribution in [0.25, 0.3) is 16.9 Å². The standard InChI is InChI=1S/C19H15ClN4O/c1-12-14(20)6-4-7-15(12)22-19-18(13-5-2-3-8-16(13)25)23-17-11-21-9-10-24(17)19/h2-11,22,25H,1H3. The molecule has 0 radical (unpaired) electrons.